The van der Waals surface area contributed by atoms with Crippen molar-refractivity contribution >= 4 is 17.6 Å². The molecule has 2 bridgehead atoms. The molecule has 2 aliphatic heterocycles. The van der Waals surface area contributed by atoms with Gasteiger partial charge >= 0.3 is 0 Å². The third-order valence-electron chi connectivity index (χ3n) is 7.96. The van der Waals surface area contributed by atoms with Crippen LogP contribution in [0.25, 0.3) is 0 Å². The Labute approximate surface area is 174 Å². The topological polar surface area (TPSA) is 56.8 Å². The number of pyridine rings is 1. The van der Waals surface area contributed by atoms with Crippen LogP contribution in [-0.4, -0.2) is 65.9 Å². The van der Waals surface area contributed by atoms with Crippen LogP contribution in [0.5, 0.6) is 0 Å². The van der Waals surface area contributed by atoms with Crippen LogP contribution >= 0.6 is 0 Å². The highest BCUT2D eigenvalue weighted by molar-refractivity contribution is 6.03. The Bertz CT molecular complexity index is 757. The number of fused-ring (bicyclic) bond motifs is 2. The fourth-order valence-corrected chi connectivity index (χ4v) is 5.46. The zero-order valence-electron chi connectivity index (χ0n) is 18.1. The van der Waals surface area contributed by atoms with Gasteiger partial charge in [0.2, 0.25) is 11.8 Å². The van der Waals surface area contributed by atoms with Crippen molar-refractivity contribution in [3.8, 4) is 0 Å². The van der Waals surface area contributed by atoms with Gasteiger partial charge in [-0.1, -0.05) is 26.8 Å². The summed E-state index contributed by atoms with van der Waals surface area (Å²) in [5, 5.41) is 0. The van der Waals surface area contributed by atoms with Gasteiger partial charge in [0.1, 0.15) is 5.82 Å². The number of imide groups is 1. The molecule has 0 unspecified atom stereocenters. The number of piperazine rings is 1. The average Bonchev–Trinajstić information content (AvgIpc) is 2.92. The van der Waals surface area contributed by atoms with Crippen molar-refractivity contribution in [1.29, 1.82) is 0 Å². The number of carbonyl (C=O) groups is 2. The highest BCUT2D eigenvalue weighted by Crippen LogP contribution is 2.60. The minimum Gasteiger partial charge on any atom is -0.354 e. The Kier molecular flexibility index (Phi) is 5.40. The lowest BCUT2D eigenvalue weighted by Crippen LogP contribution is -2.59. The Morgan fingerprint density at radius 3 is 2.45 bits per heavy atom. The first-order valence-electron chi connectivity index (χ1n) is 11.1. The van der Waals surface area contributed by atoms with Gasteiger partial charge in [-0.3, -0.25) is 19.4 Å². The number of hydrogen-bond donors (Lipinski definition) is 0. The molecular formula is C23H34N4O2. The summed E-state index contributed by atoms with van der Waals surface area (Å²) in [6.45, 7) is 11.9. The highest BCUT2D eigenvalue weighted by Gasteiger charge is 2.64. The lowest BCUT2D eigenvalue weighted by molar-refractivity contribution is -0.167. The van der Waals surface area contributed by atoms with Crippen molar-refractivity contribution in [3.05, 3.63) is 24.4 Å². The van der Waals surface area contributed by atoms with Crippen LogP contribution in [0, 0.1) is 16.7 Å². The molecule has 3 aliphatic rings. The number of aromatic nitrogens is 1. The quantitative estimate of drug-likeness (QED) is 0.545. The van der Waals surface area contributed by atoms with E-state index in [1.54, 1.807) is 4.90 Å². The van der Waals surface area contributed by atoms with Crippen LogP contribution in [-0.2, 0) is 9.59 Å². The predicted octanol–water partition coefficient (Wildman–Crippen LogP) is 2.80. The van der Waals surface area contributed by atoms with E-state index in [2.05, 4.69) is 41.6 Å². The van der Waals surface area contributed by atoms with E-state index in [9.17, 15) is 9.59 Å². The summed E-state index contributed by atoms with van der Waals surface area (Å²) in [6.07, 6.45) is 5.45. The number of amides is 2. The summed E-state index contributed by atoms with van der Waals surface area (Å²) in [4.78, 5) is 36.8. The van der Waals surface area contributed by atoms with Crippen LogP contribution in [0.4, 0.5) is 5.82 Å². The smallest absolute Gasteiger partial charge is 0.235 e. The van der Waals surface area contributed by atoms with Crippen molar-refractivity contribution in [2.45, 2.75) is 46.5 Å². The number of unbranched alkanes of at least 4 members (excludes halogenated alkanes) is 1. The number of rotatable bonds is 6. The Morgan fingerprint density at radius 1 is 1.03 bits per heavy atom. The van der Waals surface area contributed by atoms with Gasteiger partial charge in [0.05, 0.1) is 5.41 Å². The van der Waals surface area contributed by atoms with Gasteiger partial charge in [-0.25, -0.2) is 4.98 Å². The Hall–Kier alpha value is -1.95. The second-order valence-corrected chi connectivity index (χ2v) is 9.66. The van der Waals surface area contributed by atoms with E-state index in [0.717, 1.165) is 64.2 Å². The van der Waals surface area contributed by atoms with E-state index in [4.69, 9.17) is 0 Å². The molecule has 0 N–H and O–H groups in total. The van der Waals surface area contributed by atoms with Crippen LogP contribution < -0.4 is 4.90 Å². The molecule has 1 aromatic rings. The lowest BCUT2D eigenvalue weighted by Gasteiger charge is -2.47. The molecule has 1 saturated carbocycles. The van der Waals surface area contributed by atoms with Gasteiger partial charge < -0.3 is 4.90 Å². The molecule has 0 radical (unpaired) electrons. The van der Waals surface area contributed by atoms with Gasteiger partial charge in [0, 0.05) is 44.8 Å². The molecule has 1 aromatic heterocycles. The maximum atomic E-state index is 13.1. The molecule has 29 heavy (non-hydrogen) atoms. The summed E-state index contributed by atoms with van der Waals surface area (Å²) in [7, 11) is 0. The monoisotopic (exact) mass is 398 g/mol. The first-order chi connectivity index (χ1) is 13.8. The zero-order chi connectivity index (χ0) is 20.6. The molecule has 2 saturated heterocycles. The molecule has 4 rings (SSSR count). The Morgan fingerprint density at radius 2 is 1.76 bits per heavy atom. The lowest BCUT2D eigenvalue weighted by atomic mass is 9.62. The van der Waals surface area contributed by atoms with Crippen molar-refractivity contribution < 1.29 is 9.59 Å². The number of piperidine rings is 1. The SMILES string of the molecule is CC1(C)[C@H]2CC[C@]1(C)C(=O)N(CCCCN1CCN(c3ccccn3)CC1)C2=O. The van der Waals surface area contributed by atoms with Gasteiger partial charge in [0.25, 0.3) is 0 Å². The molecule has 0 spiro atoms. The van der Waals surface area contributed by atoms with E-state index in [0.29, 0.717) is 6.54 Å². The third-order valence-corrected chi connectivity index (χ3v) is 7.96. The molecule has 3 heterocycles. The van der Waals surface area contributed by atoms with Gasteiger partial charge in [-0.2, -0.15) is 0 Å². The largest absolute Gasteiger partial charge is 0.354 e. The van der Waals surface area contributed by atoms with Crippen LogP contribution in [0.1, 0.15) is 46.5 Å². The maximum Gasteiger partial charge on any atom is 0.235 e. The minimum absolute atomic E-state index is 0.00451. The second kappa shape index (κ2) is 7.71. The first-order valence-corrected chi connectivity index (χ1v) is 11.1. The van der Waals surface area contributed by atoms with Gasteiger partial charge in [-0.15, -0.1) is 0 Å². The molecule has 0 aromatic carbocycles. The fourth-order valence-electron chi connectivity index (χ4n) is 5.46. The molecule has 1 aliphatic carbocycles. The van der Waals surface area contributed by atoms with Crippen molar-refractivity contribution in [3.63, 3.8) is 0 Å². The zero-order valence-corrected chi connectivity index (χ0v) is 18.1. The van der Waals surface area contributed by atoms with Crippen LogP contribution in [0.3, 0.4) is 0 Å². The molecule has 3 fully saturated rings. The van der Waals surface area contributed by atoms with E-state index in [-0.39, 0.29) is 28.6 Å². The standard InChI is InChI=1S/C23H34N4O2/c1-22(2)18-9-10-23(22,3)21(29)27(20(18)28)13-7-6-12-25-14-16-26(17-15-25)19-8-4-5-11-24-19/h4-5,8,11,18H,6-7,9-10,12-17H2,1-3H3/t18-,23+/m0/s1. The van der Waals surface area contributed by atoms with Crippen molar-refractivity contribution in [2.75, 3.05) is 44.2 Å². The fraction of sp³-hybridized carbons (Fsp3) is 0.696. The molecule has 2 amide bonds. The van der Waals surface area contributed by atoms with Gasteiger partial charge in [0.15, 0.2) is 0 Å². The normalized spacial score (nSPS) is 29.6. The van der Waals surface area contributed by atoms with Crippen LogP contribution in [0.15, 0.2) is 24.4 Å². The van der Waals surface area contributed by atoms with E-state index in [1.165, 1.54) is 0 Å². The van der Waals surface area contributed by atoms with Crippen molar-refractivity contribution in [1.82, 2.24) is 14.8 Å². The maximum absolute atomic E-state index is 13.1. The first kappa shape index (κ1) is 20.3. The molecule has 6 heteroatoms. The van der Waals surface area contributed by atoms with E-state index in [1.807, 2.05) is 18.3 Å². The number of anilines is 1. The number of likely N-dealkylation sites (tertiary alicyclic amines) is 1. The summed E-state index contributed by atoms with van der Waals surface area (Å²) in [6, 6.07) is 6.05. The average molecular weight is 399 g/mol. The van der Waals surface area contributed by atoms with Crippen molar-refractivity contribution in [2.24, 2.45) is 16.7 Å². The molecule has 158 valence electrons. The number of nitrogens with zero attached hydrogens (tertiary/aromatic N) is 4. The molecule has 2 atom stereocenters. The molecular weight excluding hydrogens is 364 g/mol. The summed E-state index contributed by atoms with van der Waals surface area (Å²) < 4.78 is 0. The highest BCUT2D eigenvalue weighted by atomic mass is 16.2. The summed E-state index contributed by atoms with van der Waals surface area (Å²) >= 11 is 0. The van der Waals surface area contributed by atoms with Crippen LogP contribution in [0.2, 0.25) is 0 Å². The molecule has 6 nitrogen and oxygen atoms in total. The summed E-state index contributed by atoms with van der Waals surface area (Å²) in [5.41, 5.74) is -0.599. The minimum atomic E-state index is -0.382. The second-order valence-electron chi connectivity index (χ2n) is 9.66. The number of carbonyl (C=O) groups excluding carboxylic acids is 2. The number of hydrogen-bond acceptors (Lipinski definition) is 5. The van der Waals surface area contributed by atoms with E-state index >= 15 is 0 Å². The predicted molar refractivity (Wildman–Crippen MR) is 113 cm³/mol. The Balaban J connectivity index is 1.23. The third kappa shape index (κ3) is 3.45. The summed E-state index contributed by atoms with van der Waals surface area (Å²) in [5.74, 6) is 1.19. The van der Waals surface area contributed by atoms with E-state index < -0.39 is 0 Å². The van der Waals surface area contributed by atoms with Gasteiger partial charge in [-0.05, 0) is 49.8 Å².